The number of alkyl halides is 2. The van der Waals surface area contributed by atoms with Gasteiger partial charge in [-0.2, -0.15) is 8.78 Å². The van der Waals surface area contributed by atoms with Crippen LogP contribution in [0.4, 0.5) is 13.2 Å². The largest absolute Gasteiger partial charge is 0.435 e. The molecule has 0 radical (unpaired) electrons. The van der Waals surface area contributed by atoms with Crippen molar-refractivity contribution in [1.29, 1.82) is 0 Å². The number of halogens is 4. The number of benzene rings is 1. The molecule has 20 heavy (non-hydrogen) atoms. The minimum absolute atomic E-state index is 0.103. The lowest BCUT2D eigenvalue weighted by atomic mass is 9.86. The monoisotopic (exact) mass is 302 g/mol. The highest BCUT2D eigenvalue weighted by atomic mass is 35.5. The molecule has 0 saturated heterocycles. The van der Waals surface area contributed by atoms with E-state index >= 15 is 0 Å². The van der Waals surface area contributed by atoms with Gasteiger partial charge in [0.25, 0.3) is 0 Å². The predicted molar refractivity (Wildman–Crippen MR) is 68.7 cm³/mol. The van der Waals surface area contributed by atoms with Crippen LogP contribution in [-0.2, 0) is 9.53 Å². The fraction of sp³-hybridized carbons (Fsp3) is 0.214. The summed E-state index contributed by atoms with van der Waals surface area (Å²) in [4.78, 5) is 11.8. The zero-order valence-corrected chi connectivity index (χ0v) is 11.1. The van der Waals surface area contributed by atoms with Gasteiger partial charge in [0.2, 0.25) is 0 Å². The van der Waals surface area contributed by atoms with E-state index in [-0.39, 0.29) is 16.6 Å². The van der Waals surface area contributed by atoms with Crippen molar-refractivity contribution in [1.82, 2.24) is 0 Å². The van der Waals surface area contributed by atoms with E-state index in [9.17, 15) is 18.0 Å². The van der Waals surface area contributed by atoms with Gasteiger partial charge in [0.05, 0.1) is 5.02 Å². The quantitative estimate of drug-likeness (QED) is 0.836. The van der Waals surface area contributed by atoms with E-state index in [1.807, 2.05) is 0 Å². The maximum Gasteiger partial charge on any atom is 0.387 e. The lowest BCUT2D eigenvalue weighted by Crippen LogP contribution is -2.16. The Balaban J connectivity index is 2.41. The molecule has 0 heterocycles. The van der Waals surface area contributed by atoms with Crippen molar-refractivity contribution in [2.45, 2.75) is 13.5 Å². The van der Waals surface area contributed by atoms with E-state index in [0.717, 1.165) is 12.1 Å². The van der Waals surface area contributed by atoms with E-state index in [1.54, 1.807) is 6.92 Å². The van der Waals surface area contributed by atoms with Gasteiger partial charge >= 0.3 is 6.61 Å². The van der Waals surface area contributed by atoms with Gasteiger partial charge in [0.15, 0.2) is 5.78 Å². The van der Waals surface area contributed by atoms with Crippen LogP contribution in [0.2, 0.25) is 5.02 Å². The fourth-order valence-corrected chi connectivity index (χ4v) is 2.10. The first kappa shape index (κ1) is 14.7. The molecule has 0 aliphatic heterocycles. The first-order chi connectivity index (χ1) is 9.38. The summed E-state index contributed by atoms with van der Waals surface area (Å²) in [5.74, 6) is -1.72. The number of ketones is 1. The SMILES string of the molecule is CC1C(=O)C=C(OC(F)F)C=C1c1ccc(F)c(Cl)c1. The molecule has 2 rings (SSSR count). The van der Waals surface area contributed by atoms with E-state index in [1.165, 1.54) is 18.2 Å². The molecule has 6 heteroatoms. The minimum Gasteiger partial charge on any atom is -0.435 e. The molecule has 0 bridgehead atoms. The van der Waals surface area contributed by atoms with Crippen LogP contribution in [0, 0.1) is 11.7 Å². The molecule has 1 aliphatic carbocycles. The number of ether oxygens (including phenoxy) is 1. The molecule has 106 valence electrons. The Morgan fingerprint density at radius 2 is 2.00 bits per heavy atom. The summed E-state index contributed by atoms with van der Waals surface area (Å²) >= 11 is 5.68. The average Bonchev–Trinajstić information content (AvgIpc) is 2.36. The number of rotatable bonds is 3. The summed E-state index contributed by atoms with van der Waals surface area (Å²) in [6.45, 7) is -1.39. The smallest absolute Gasteiger partial charge is 0.387 e. The summed E-state index contributed by atoms with van der Waals surface area (Å²) in [6, 6.07) is 3.93. The molecule has 1 atom stereocenters. The van der Waals surface area contributed by atoms with Gasteiger partial charge in [-0.15, -0.1) is 0 Å². The van der Waals surface area contributed by atoms with Crippen LogP contribution >= 0.6 is 11.6 Å². The van der Waals surface area contributed by atoms with Gasteiger partial charge < -0.3 is 4.74 Å². The van der Waals surface area contributed by atoms with Gasteiger partial charge in [-0.1, -0.05) is 24.6 Å². The average molecular weight is 303 g/mol. The number of allylic oxidation sites excluding steroid dienone is 3. The maximum atomic E-state index is 13.1. The Morgan fingerprint density at radius 3 is 2.60 bits per heavy atom. The van der Waals surface area contributed by atoms with Crippen molar-refractivity contribution in [2.75, 3.05) is 0 Å². The molecule has 0 amide bonds. The number of hydrogen-bond acceptors (Lipinski definition) is 2. The molecule has 1 aromatic carbocycles. The highest BCUT2D eigenvalue weighted by molar-refractivity contribution is 6.31. The Kier molecular flexibility index (Phi) is 4.18. The normalized spacial score (nSPS) is 18.9. The first-order valence-electron chi connectivity index (χ1n) is 5.76. The Morgan fingerprint density at radius 1 is 1.30 bits per heavy atom. The highest BCUT2D eigenvalue weighted by Gasteiger charge is 2.24. The molecule has 0 N–H and O–H groups in total. The molecule has 0 spiro atoms. The Hall–Kier alpha value is -1.75. The van der Waals surface area contributed by atoms with Crippen LogP contribution < -0.4 is 0 Å². The molecule has 1 aromatic rings. The van der Waals surface area contributed by atoms with Gasteiger partial charge in [-0.05, 0) is 29.3 Å². The van der Waals surface area contributed by atoms with Gasteiger partial charge in [-0.3, -0.25) is 4.79 Å². The summed E-state index contributed by atoms with van der Waals surface area (Å²) in [5.41, 5.74) is 0.941. The van der Waals surface area contributed by atoms with Crippen LogP contribution in [-0.4, -0.2) is 12.4 Å². The number of carbonyl (C=O) groups excluding carboxylic acids is 1. The molecular formula is C14H10ClF3O2. The Bertz CT molecular complexity index is 608. The fourth-order valence-electron chi connectivity index (χ4n) is 1.92. The van der Waals surface area contributed by atoms with E-state index in [4.69, 9.17) is 11.6 Å². The molecular weight excluding hydrogens is 293 g/mol. The van der Waals surface area contributed by atoms with Gasteiger partial charge in [0.1, 0.15) is 11.6 Å². The summed E-state index contributed by atoms with van der Waals surface area (Å²) in [5, 5.41) is -0.103. The van der Waals surface area contributed by atoms with E-state index in [2.05, 4.69) is 4.74 Å². The van der Waals surface area contributed by atoms with Crippen molar-refractivity contribution in [3.63, 3.8) is 0 Å². The number of hydrogen-bond donors (Lipinski definition) is 0. The third kappa shape index (κ3) is 3.04. The van der Waals surface area contributed by atoms with E-state index in [0.29, 0.717) is 11.1 Å². The van der Waals surface area contributed by atoms with Crippen molar-refractivity contribution in [3.05, 3.63) is 52.5 Å². The predicted octanol–water partition coefficient (Wildman–Crippen LogP) is 4.20. The second-order valence-electron chi connectivity index (χ2n) is 4.28. The molecule has 1 unspecified atom stereocenters. The minimum atomic E-state index is -3.02. The second kappa shape index (κ2) is 5.71. The maximum absolute atomic E-state index is 13.1. The van der Waals surface area contributed by atoms with E-state index < -0.39 is 18.3 Å². The van der Waals surface area contributed by atoms with Crippen molar-refractivity contribution in [2.24, 2.45) is 5.92 Å². The molecule has 0 saturated carbocycles. The third-order valence-corrected chi connectivity index (χ3v) is 3.24. The lowest BCUT2D eigenvalue weighted by Gasteiger charge is -2.20. The molecule has 2 nitrogen and oxygen atoms in total. The van der Waals surface area contributed by atoms with Crippen molar-refractivity contribution < 1.29 is 22.7 Å². The van der Waals surface area contributed by atoms with Gasteiger partial charge in [-0.25, -0.2) is 4.39 Å². The number of carbonyl (C=O) groups is 1. The van der Waals surface area contributed by atoms with Crippen LogP contribution in [0.3, 0.4) is 0 Å². The molecule has 0 aromatic heterocycles. The summed E-state index contributed by atoms with van der Waals surface area (Å²) in [7, 11) is 0. The summed E-state index contributed by atoms with van der Waals surface area (Å²) < 4.78 is 41.8. The topological polar surface area (TPSA) is 26.3 Å². The zero-order chi connectivity index (χ0) is 14.9. The third-order valence-electron chi connectivity index (χ3n) is 2.95. The summed E-state index contributed by atoms with van der Waals surface area (Å²) in [6.07, 6.45) is 2.35. The van der Waals surface area contributed by atoms with Gasteiger partial charge in [0, 0.05) is 12.0 Å². The first-order valence-corrected chi connectivity index (χ1v) is 6.13. The van der Waals surface area contributed by atoms with Crippen LogP contribution in [0.1, 0.15) is 12.5 Å². The van der Waals surface area contributed by atoms with Crippen LogP contribution in [0.5, 0.6) is 0 Å². The highest BCUT2D eigenvalue weighted by Crippen LogP contribution is 2.32. The Labute approximate surface area is 118 Å². The van der Waals surface area contributed by atoms with Crippen LogP contribution in [0.15, 0.2) is 36.1 Å². The van der Waals surface area contributed by atoms with Crippen LogP contribution in [0.25, 0.3) is 5.57 Å². The zero-order valence-electron chi connectivity index (χ0n) is 10.4. The standard InChI is InChI=1S/C14H10ClF3O2/c1-7-10(8-2-3-12(16)11(15)4-8)5-9(6-13(7)19)20-14(17)18/h2-7,14H,1H3. The molecule has 1 aliphatic rings. The lowest BCUT2D eigenvalue weighted by molar-refractivity contribution is -0.117. The molecule has 0 fully saturated rings. The van der Waals surface area contributed by atoms with Crippen molar-refractivity contribution in [3.8, 4) is 0 Å². The van der Waals surface area contributed by atoms with Crippen molar-refractivity contribution >= 4 is 23.0 Å². The second-order valence-corrected chi connectivity index (χ2v) is 4.69.